The average Bonchev–Trinajstić information content (AvgIpc) is 2.28. The van der Waals surface area contributed by atoms with E-state index in [1.54, 1.807) is 0 Å². The first-order valence-corrected chi connectivity index (χ1v) is 6.35. The minimum Gasteiger partial charge on any atom is -0.463 e. The maximum Gasteiger partial charge on any atom is 0.330 e. The maximum absolute atomic E-state index is 10.9. The molecular weight excluding hydrogens is 200 g/mol. The summed E-state index contributed by atoms with van der Waals surface area (Å²) in [6.45, 7) is 8.75. The van der Waals surface area contributed by atoms with Gasteiger partial charge in [0.1, 0.15) is 0 Å². The van der Waals surface area contributed by atoms with Gasteiger partial charge in [-0.1, -0.05) is 20.4 Å². The average molecular weight is 222 g/mol. The lowest BCUT2D eigenvalue weighted by Crippen LogP contribution is -2.52. The molecule has 2 heteroatoms. The number of hydrogen-bond acceptors (Lipinski definition) is 2. The third-order valence-electron chi connectivity index (χ3n) is 4.90. The van der Waals surface area contributed by atoms with E-state index in [4.69, 9.17) is 4.74 Å². The quantitative estimate of drug-likeness (QED) is 0.539. The minimum absolute atomic E-state index is 0.290. The van der Waals surface area contributed by atoms with Gasteiger partial charge in [0.25, 0.3) is 0 Å². The van der Waals surface area contributed by atoms with Crippen molar-refractivity contribution in [1.82, 2.24) is 0 Å². The van der Waals surface area contributed by atoms with Crippen LogP contribution in [-0.4, -0.2) is 12.6 Å². The van der Waals surface area contributed by atoms with Crippen molar-refractivity contribution in [2.45, 2.75) is 39.5 Å². The monoisotopic (exact) mass is 222 g/mol. The lowest BCUT2D eigenvalue weighted by atomic mass is 9.45. The smallest absolute Gasteiger partial charge is 0.330 e. The Morgan fingerprint density at radius 1 is 1.50 bits per heavy atom. The van der Waals surface area contributed by atoms with Gasteiger partial charge in [-0.15, -0.1) is 0 Å². The summed E-state index contributed by atoms with van der Waals surface area (Å²) < 4.78 is 5.07. The Morgan fingerprint density at radius 3 is 2.81 bits per heavy atom. The van der Waals surface area contributed by atoms with Crippen LogP contribution in [0, 0.1) is 23.2 Å². The molecule has 3 atom stereocenters. The van der Waals surface area contributed by atoms with Crippen LogP contribution in [0.15, 0.2) is 12.7 Å². The van der Waals surface area contributed by atoms with Crippen LogP contribution < -0.4 is 0 Å². The fourth-order valence-electron chi connectivity index (χ4n) is 3.68. The molecule has 16 heavy (non-hydrogen) atoms. The molecule has 0 N–H and O–H groups in total. The van der Waals surface area contributed by atoms with Crippen molar-refractivity contribution in [2.24, 2.45) is 23.2 Å². The fourth-order valence-corrected chi connectivity index (χ4v) is 3.68. The second-order valence-electron chi connectivity index (χ2n) is 5.86. The first-order valence-electron chi connectivity index (χ1n) is 6.35. The SMILES string of the molecule is C=CC(=O)OCCC1CCC2CC1C2(C)C. The molecule has 0 aromatic carbocycles. The van der Waals surface area contributed by atoms with Crippen molar-refractivity contribution in [3.63, 3.8) is 0 Å². The summed E-state index contributed by atoms with van der Waals surface area (Å²) in [5.74, 6) is 2.28. The van der Waals surface area contributed by atoms with Crippen molar-refractivity contribution in [2.75, 3.05) is 6.61 Å². The molecule has 3 aliphatic rings. The molecule has 2 bridgehead atoms. The zero-order valence-corrected chi connectivity index (χ0v) is 10.4. The van der Waals surface area contributed by atoms with Crippen LogP contribution in [0.5, 0.6) is 0 Å². The normalized spacial score (nSPS) is 35.0. The molecule has 0 radical (unpaired) electrons. The van der Waals surface area contributed by atoms with Crippen LogP contribution in [-0.2, 0) is 9.53 Å². The zero-order chi connectivity index (χ0) is 11.8. The van der Waals surface area contributed by atoms with Gasteiger partial charge < -0.3 is 4.74 Å². The molecular formula is C14H22O2. The number of carbonyl (C=O) groups is 1. The van der Waals surface area contributed by atoms with Crippen LogP contribution in [0.3, 0.4) is 0 Å². The van der Waals surface area contributed by atoms with Crippen molar-refractivity contribution in [3.8, 4) is 0 Å². The van der Waals surface area contributed by atoms with E-state index in [2.05, 4.69) is 20.4 Å². The van der Waals surface area contributed by atoms with Crippen molar-refractivity contribution < 1.29 is 9.53 Å². The third kappa shape index (κ3) is 1.90. The summed E-state index contributed by atoms with van der Waals surface area (Å²) in [6, 6.07) is 0. The number of esters is 1. The highest BCUT2D eigenvalue weighted by Gasteiger charge is 2.53. The van der Waals surface area contributed by atoms with Crippen LogP contribution in [0.4, 0.5) is 0 Å². The molecule has 0 saturated heterocycles. The van der Waals surface area contributed by atoms with Gasteiger partial charge in [-0.2, -0.15) is 0 Å². The Bertz CT molecular complexity index is 291. The van der Waals surface area contributed by atoms with Gasteiger partial charge in [-0.3, -0.25) is 0 Å². The number of carbonyl (C=O) groups excluding carboxylic acids is 1. The summed E-state index contributed by atoms with van der Waals surface area (Å²) in [7, 11) is 0. The van der Waals surface area contributed by atoms with Crippen LogP contribution in [0.1, 0.15) is 39.5 Å². The molecule has 0 aromatic rings. The van der Waals surface area contributed by atoms with E-state index < -0.39 is 0 Å². The van der Waals surface area contributed by atoms with Gasteiger partial charge in [0.05, 0.1) is 6.61 Å². The fraction of sp³-hybridized carbons (Fsp3) is 0.786. The van der Waals surface area contributed by atoms with Gasteiger partial charge in [-0.05, 0) is 48.9 Å². The molecule has 0 aromatic heterocycles. The van der Waals surface area contributed by atoms with Crippen LogP contribution in [0.25, 0.3) is 0 Å². The Hall–Kier alpha value is -0.790. The standard InChI is InChI=1S/C14H22O2/c1-4-13(15)16-8-7-10-5-6-11-9-12(10)14(11,2)3/h4,10-12H,1,5-9H2,2-3H3. The summed E-state index contributed by atoms with van der Waals surface area (Å²) in [5.41, 5.74) is 0.533. The highest BCUT2D eigenvalue weighted by Crippen LogP contribution is 2.61. The second-order valence-corrected chi connectivity index (χ2v) is 5.86. The molecule has 0 aliphatic heterocycles. The molecule has 3 unspecified atom stereocenters. The van der Waals surface area contributed by atoms with E-state index in [9.17, 15) is 4.79 Å². The van der Waals surface area contributed by atoms with E-state index >= 15 is 0 Å². The van der Waals surface area contributed by atoms with Gasteiger partial charge in [0.2, 0.25) is 0 Å². The van der Waals surface area contributed by atoms with Crippen molar-refractivity contribution in [3.05, 3.63) is 12.7 Å². The Kier molecular flexibility index (Phi) is 3.09. The number of hydrogen-bond donors (Lipinski definition) is 0. The molecule has 0 spiro atoms. The number of fused-ring (bicyclic) bond motifs is 2. The minimum atomic E-state index is -0.290. The van der Waals surface area contributed by atoms with Crippen LogP contribution >= 0.6 is 0 Å². The lowest BCUT2D eigenvalue weighted by Gasteiger charge is -2.60. The largest absolute Gasteiger partial charge is 0.463 e. The first-order chi connectivity index (χ1) is 7.55. The van der Waals surface area contributed by atoms with E-state index in [1.807, 2.05) is 0 Å². The van der Waals surface area contributed by atoms with E-state index in [1.165, 1.54) is 25.3 Å². The Labute approximate surface area is 98.1 Å². The second kappa shape index (κ2) is 4.23. The molecule has 0 amide bonds. The van der Waals surface area contributed by atoms with E-state index in [-0.39, 0.29) is 5.97 Å². The molecule has 3 aliphatic carbocycles. The first kappa shape index (κ1) is 11.7. The van der Waals surface area contributed by atoms with Gasteiger partial charge in [-0.25, -0.2) is 4.79 Å². The summed E-state index contributed by atoms with van der Waals surface area (Å²) in [4.78, 5) is 10.9. The molecule has 3 rings (SSSR count). The van der Waals surface area contributed by atoms with Crippen molar-refractivity contribution >= 4 is 5.97 Å². The van der Waals surface area contributed by atoms with Gasteiger partial charge in [0, 0.05) is 6.08 Å². The lowest BCUT2D eigenvalue weighted by molar-refractivity contribution is -0.141. The Morgan fingerprint density at radius 2 is 2.25 bits per heavy atom. The van der Waals surface area contributed by atoms with E-state index in [0.29, 0.717) is 12.0 Å². The third-order valence-corrected chi connectivity index (χ3v) is 4.90. The molecule has 2 nitrogen and oxygen atoms in total. The summed E-state index contributed by atoms with van der Waals surface area (Å²) in [5, 5.41) is 0. The Balaban J connectivity index is 1.78. The molecule has 3 fully saturated rings. The van der Waals surface area contributed by atoms with Gasteiger partial charge in [0.15, 0.2) is 0 Å². The zero-order valence-electron chi connectivity index (χ0n) is 10.4. The topological polar surface area (TPSA) is 26.3 Å². The summed E-state index contributed by atoms with van der Waals surface area (Å²) >= 11 is 0. The molecule has 3 saturated carbocycles. The predicted molar refractivity (Wildman–Crippen MR) is 63.9 cm³/mol. The highest BCUT2D eigenvalue weighted by molar-refractivity contribution is 5.81. The highest BCUT2D eigenvalue weighted by atomic mass is 16.5. The molecule has 0 heterocycles. The van der Waals surface area contributed by atoms with Crippen molar-refractivity contribution in [1.29, 1.82) is 0 Å². The van der Waals surface area contributed by atoms with Crippen LogP contribution in [0.2, 0.25) is 0 Å². The molecule has 90 valence electrons. The predicted octanol–water partition coefficient (Wildman–Crippen LogP) is 3.18. The number of ether oxygens (including phenoxy) is 1. The van der Waals surface area contributed by atoms with E-state index in [0.717, 1.165) is 24.2 Å². The number of rotatable bonds is 4. The maximum atomic E-state index is 10.9. The van der Waals surface area contributed by atoms with Gasteiger partial charge >= 0.3 is 5.97 Å². The summed E-state index contributed by atoms with van der Waals surface area (Å²) in [6.07, 6.45) is 6.35.